The second-order valence-corrected chi connectivity index (χ2v) is 8.14. The second-order valence-electron chi connectivity index (χ2n) is 7.16. The highest BCUT2D eigenvalue weighted by Crippen LogP contribution is 2.46. The van der Waals surface area contributed by atoms with Crippen LogP contribution in [-0.4, -0.2) is 16.2 Å². The van der Waals surface area contributed by atoms with Crippen molar-refractivity contribution in [1.29, 1.82) is 0 Å². The van der Waals surface area contributed by atoms with E-state index in [0.29, 0.717) is 11.3 Å². The van der Waals surface area contributed by atoms with E-state index in [2.05, 4.69) is 43.2 Å². The summed E-state index contributed by atoms with van der Waals surface area (Å²) in [4.78, 5) is 0. The van der Waals surface area contributed by atoms with E-state index in [1.165, 1.54) is 0 Å². The third-order valence-corrected chi connectivity index (χ3v) is 4.45. The molecule has 114 valence electrons. The number of hydrogen-bond acceptors (Lipinski definition) is 4. The molecule has 0 amide bonds. The van der Waals surface area contributed by atoms with Crippen LogP contribution in [0.5, 0.6) is 0 Å². The number of halogens is 3. The fourth-order valence-corrected chi connectivity index (χ4v) is 4.21. The minimum atomic E-state index is -4.41. The van der Waals surface area contributed by atoms with Gasteiger partial charge < -0.3 is 5.32 Å². The molecule has 3 nitrogen and oxygen atoms in total. The molecular weight excluding hydrogens is 287 g/mol. The number of nitrogens with zero attached hydrogens (tertiary/aromatic N) is 2. The van der Waals surface area contributed by atoms with E-state index < -0.39 is 11.2 Å². The van der Waals surface area contributed by atoms with Crippen LogP contribution in [0, 0.1) is 10.8 Å². The van der Waals surface area contributed by atoms with Crippen molar-refractivity contribution in [2.24, 2.45) is 10.8 Å². The number of anilines is 1. The molecule has 1 aliphatic rings. The van der Waals surface area contributed by atoms with Gasteiger partial charge in [0.1, 0.15) is 0 Å². The van der Waals surface area contributed by atoms with Crippen molar-refractivity contribution in [3.05, 3.63) is 5.01 Å². The minimum Gasteiger partial charge on any atom is -0.357 e. The summed E-state index contributed by atoms with van der Waals surface area (Å²) in [6, 6.07) is 0.141. The molecule has 0 bridgehead atoms. The average molecular weight is 307 g/mol. The molecular formula is C13H20F3N3S. The van der Waals surface area contributed by atoms with E-state index in [9.17, 15) is 13.2 Å². The fraction of sp³-hybridized carbons (Fsp3) is 0.846. The third-order valence-electron chi connectivity index (χ3n) is 3.55. The fourth-order valence-electron chi connectivity index (χ4n) is 3.52. The van der Waals surface area contributed by atoms with Crippen molar-refractivity contribution < 1.29 is 13.2 Å². The Labute approximate surface area is 121 Å². The summed E-state index contributed by atoms with van der Waals surface area (Å²) in [5.74, 6) is 0. The molecule has 0 unspecified atom stereocenters. The standard InChI is InChI=1S/C13H20F3N3S/c1-11(2)5-8(6-12(3,4)7-11)17-10-19-18-9(20-10)13(14,15)16/h8H,5-7H2,1-4H3,(H,17,19). The maximum atomic E-state index is 12.5. The molecule has 1 aromatic heterocycles. The molecule has 0 spiro atoms. The van der Waals surface area contributed by atoms with E-state index in [4.69, 9.17) is 0 Å². The summed E-state index contributed by atoms with van der Waals surface area (Å²) in [5, 5.41) is 9.31. The SMILES string of the molecule is CC1(C)CC(Nc2nnc(C(F)(F)F)s2)CC(C)(C)C1. The van der Waals surface area contributed by atoms with Crippen molar-refractivity contribution in [3.8, 4) is 0 Å². The summed E-state index contributed by atoms with van der Waals surface area (Å²) < 4.78 is 37.5. The van der Waals surface area contributed by atoms with E-state index in [1.807, 2.05) is 0 Å². The number of alkyl halides is 3. The van der Waals surface area contributed by atoms with Gasteiger partial charge in [-0.05, 0) is 30.1 Å². The predicted molar refractivity (Wildman–Crippen MR) is 73.7 cm³/mol. The van der Waals surface area contributed by atoms with Crippen molar-refractivity contribution in [3.63, 3.8) is 0 Å². The molecule has 1 saturated carbocycles. The Kier molecular flexibility index (Phi) is 3.77. The molecule has 1 aromatic rings. The zero-order valence-corrected chi connectivity index (χ0v) is 13.0. The average Bonchev–Trinajstić information content (AvgIpc) is 2.59. The van der Waals surface area contributed by atoms with Gasteiger partial charge in [-0.25, -0.2) is 0 Å². The van der Waals surface area contributed by atoms with Gasteiger partial charge in [-0.2, -0.15) is 13.2 Å². The predicted octanol–water partition coefficient (Wildman–Crippen LogP) is 4.57. The maximum Gasteiger partial charge on any atom is 0.445 e. The molecule has 0 saturated heterocycles. The minimum absolute atomic E-state index is 0.141. The Morgan fingerprint density at radius 3 is 2.10 bits per heavy atom. The Morgan fingerprint density at radius 2 is 1.65 bits per heavy atom. The van der Waals surface area contributed by atoms with Crippen molar-refractivity contribution in [2.45, 2.75) is 59.2 Å². The molecule has 7 heteroatoms. The van der Waals surface area contributed by atoms with Gasteiger partial charge in [0.15, 0.2) is 0 Å². The molecule has 0 atom stereocenters. The van der Waals surface area contributed by atoms with Crippen LogP contribution < -0.4 is 5.32 Å². The molecule has 0 radical (unpaired) electrons. The number of hydrogen-bond donors (Lipinski definition) is 1. The van der Waals surface area contributed by atoms with Gasteiger partial charge in [-0.15, -0.1) is 10.2 Å². The lowest BCUT2D eigenvalue weighted by atomic mass is 9.63. The van der Waals surface area contributed by atoms with Gasteiger partial charge in [-0.3, -0.25) is 0 Å². The zero-order valence-electron chi connectivity index (χ0n) is 12.1. The van der Waals surface area contributed by atoms with Gasteiger partial charge in [0.05, 0.1) is 0 Å². The molecule has 1 N–H and O–H groups in total. The lowest BCUT2D eigenvalue weighted by Crippen LogP contribution is -2.40. The van der Waals surface area contributed by atoms with Crippen LogP contribution in [0.15, 0.2) is 0 Å². The number of aromatic nitrogens is 2. The van der Waals surface area contributed by atoms with Crippen LogP contribution in [0.3, 0.4) is 0 Å². The first kappa shape index (κ1) is 15.5. The van der Waals surface area contributed by atoms with Gasteiger partial charge in [0.2, 0.25) is 10.1 Å². The van der Waals surface area contributed by atoms with E-state index >= 15 is 0 Å². The highest BCUT2D eigenvalue weighted by molar-refractivity contribution is 7.15. The van der Waals surface area contributed by atoms with Crippen LogP contribution in [0.25, 0.3) is 0 Å². The maximum absolute atomic E-state index is 12.5. The first-order valence-electron chi connectivity index (χ1n) is 6.64. The van der Waals surface area contributed by atoms with Gasteiger partial charge in [0, 0.05) is 6.04 Å². The first-order chi connectivity index (χ1) is 8.97. The lowest BCUT2D eigenvalue weighted by molar-refractivity contribution is -0.138. The summed E-state index contributed by atoms with van der Waals surface area (Å²) in [6.45, 7) is 8.79. The smallest absolute Gasteiger partial charge is 0.357 e. The largest absolute Gasteiger partial charge is 0.445 e. The van der Waals surface area contributed by atoms with E-state index in [0.717, 1.165) is 19.3 Å². The molecule has 0 aliphatic heterocycles. The van der Waals surface area contributed by atoms with Gasteiger partial charge >= 0.3 is 6.18 Å². The Morgan fingerprint density at radius 1 is 1.10 bits per heavy atom. The quantitative estimate of drug-likeness (QED) is 0.869. The highest BCUT2D eigenvalue weighted by atomic mass is 32.1. The summed E-state index contributed by atoms with van der Waals surface area (Å²) in [7, 11) is 0. The Balaban J connectivity index is 2.08. The Bertz CT molecular complexity index is 463. The van der Waals surface area contributed by atoms with Gasteiger partial charge in [-0.1, -0.05) is 39.0 Å². The molecule has 20 heavy (non-hydrogen) atoms. The summed E-state index contributed by atoms with van der Waals surface area (Å²) >= 11 is 0.575. The third kappa shape index (κ3) is 3.84. The van der Waals surface area contributed by atoms with Crippen LogP contribution in [0.4, 0.5) is 18.3 Å². The molecule has 0 aromatic carbocycles. The molecule has 1 fully saturated rings. The summed E-state index contributed by atoms with van der Waals surface area (Å²) in [6.07, 6.45) is -1.44. The van der Waals surface area contributed by atoms with Gasteiger partial charge in [0.25, 0.3) is 0 Å². The number of nitrogens with one attached hydrogen (secondary N) is 1. The number of rotatable bonds is 2. The van der Waals surface area contributed by atoms with E-state index in [-0.39, 0.29) is 22.0 Å². The second kappa shape index (κ2) is 4.86. The van der Waals surface area contributed by atoms with Crippen LogP contribution >= 0.6 is 11.3 Å². The van der Waals surface area contributed by atoms with Crippen LogP contribution in [0.1, 0.15) is 52.0 Å². The zero-order chi connectivity index (χ0) is 15.2. The van der Waals surface area contributed by atoms with Crippen LogP contribution in [-0.2, 0) is 6.18 Å². The monoisotopic (exact) mass is 307 g/mol. The summed E-state index contributed by atoms with van der Waals surface area (Å²) in [5.41, 5.74) is 0.355. The Hall–Kier alpha value is -0.850. The van der Waals surface area contributed by atoms with Crippen molar-refractivity contribution in [1.82, 2.24) is 10.2 Å². The normalized spacial score (nSPS) is 22.8. The highest BCUT2D eigenvalue weighted by Gasteiger charge is 2.39. The first-order valence-corrected chi connectivity index (χ1v) is 7.46. The molecule has 2 rings (SSSR count). The molecule has 1 heterocycles. The van der Waals surface area contributed by atoms with Crippen LogP contribution in [0.2, 0.25) is 0 Å². The van der Waals surface area contributed by atoms with Crippen molar-refractivity contribution in [2.75, 3.05) is 5.32 Å². The topological polar surface area (TPSA) is 37.8 Å². The molecule has 1 aliphatic carbocycles. The van der Waals surface area contributed by atoms with E-state index in [1.54, 1.807) is 0 Å². The lowest BCUT2D eigenvalue weighted by Gasteiger charge is -2.45. The van der Waals surface area contributed by atoms with Crippen molar-refractivity contribution >= 4 is 16.5 Å².